The zero-order valence-electron chi connectivity index (χ0n) is 10.9. The molecule has 0 fully saturated rings. The average Bonchev–Trinajstić information content (AvgIpc) is 2.96. The van der Waals surface area contributed by atoms with Gasteiger partial charge >= 0.3 is 5.97 Å². The molecule has 0 bridgehead atoms. The summed E-state index contributed by atoms with van der Waals surface area (Å²) >= 11 is 0. The summed E-state index contributed by atoms with van der Waals surface area (Å²) in [4.78, 5) is 18.9. The van der Waals surface area contributed by atoms with Gasteiger partial charge in [-0.3, -0.25) is 9.78 Å². The summed E-state index contributed by atoms with van der Waals surface area (Å²) < 4.78 is 5.43. The largest absolute Gasteiger partial charge is 0.426 e. The molecule has 0 aliphatic heterocycles. The second-order valence-electron chi connectivity index (χ2n) is 4.52. The Bertz CT molecular complexity index is 719. The highest BCUT2D eigenvalue weighted by molar-refractivity contribution is 5.88. The van der Waals surface area contributed by atoms with Crippen molar-refractivity contribution in [3.63, 3.8) is 0 Å². The fraction of sp³-hybridized carbons (Fsp3) is 0.125. The summed E-state index contributed by atoms with van der Waals surface area (Å²) in [5.74, 6) is 0.374. The van der Waals surface area contributed by atoms with Crippen molar-refractivity contribution in [2.45, 2.75) is 12.8 Å². The van der Waals surface area contributed by atoms with Gasteiger partial charge in [0.15, 0.2) is 0 Å². The lowest BCUT2D eigenvalue weighted by atomic mass is 10.1. The Morgan fingerprint density at radius 2 is 2.00 bits per heavy atom. The van der Waals surface area contributed by atoms with Crippen LogP contribution in [0.15, 0.2) is 55.0 Å². The predicted octanol–water partition coefficient (Wildman–Crippen LogP) is 3.10. The van der Waals surface area contributed by atoms with Crippen LogP contribution in [0.25, 0.3) is 10.9 Å². The molecule has 20 heavy (non-hydrogen) atoms. The zero-order valence-corrected chi connectivity index (χ0v) is 10.9. The minimum Gasteiger partial charge on any atom is -0.426 e. The maximum absolute atomic E-state index is 11.9. The number of aromatic amines is 1. The molecule has 0 aliphatic rings. The number of ether oxygens (including phenoxy) is 1. The van der Waals surface area contributed by atoms with Crippen LogP contribution in [-0.2, 0) is 11.2 Å². The molecule has 2 heterocycles. The summed E-state index contributed by atoms with van der Waals surface area (Å²) in [6.45, 7) is 0. The number of nitrogens with zero attached hydrogens (tertiary/aromatic N) is 1. The highest BCUT2D eigenvalue weighted by atomic mass is 16.5. The number of esters is 1. The quantitative estimate of drug-likeness (QED) is 0.583. The Kier molecular flexibility index (Phi) is 3.46. The maximum atomic E-state index is 11.9. The first-order chi connectivity index (χ1) is 9.83. The molecule has 0 radical (unpaired) electrons. The van der Waals surface area contributed by atoms with Crippen molar-refractivity contribution < 1.29 is 9.53 Å². The van der Waals surface area contributed by atoms with E-state index >= 15 is 0 Å². The lowest BCUT2D eigenvalue weighted by molar-refractivity contribution is -0.134. The molecule has 1 N–H and O–H groups in total. The van der Waals surface area contributed by atoms with Gasteiger partial charge in [0.05, 0.1) is 0 Å². The normalized spacial score (nSPS) is 10.6. The van der Waals surface area contributed by atoms with Crippen molar-refractivity contribution in [2.24, 2.45) is 0 Å². The van der Waals surface area contributed by atoms with E-state index in [1.807, 2.05) is 36.5 Å². The first-order valence-electron chi connectivity index (χ1n) is 6.48. The smallest absolute Gasteiger partial charge is 0.311 e. The monoisotopic (exact) mass is 266 g/mol. The first-order valence-corrected chi connectivity index (χ1v) is 6.48. The molecular weight excluding hydrogens is 252 g/mol. The van der Waals surface area contributed by atoms with Crippen molar-refractivity contribution in [1.29, 1.82) is 0 Å². The molecule has 0 spiro atoms. The Hall–Kier alpha value is -2.62. The molecule has 3 rings (SSSR count). The molecule has 0 saturated heterocycles. The molecule has 4 heteroatoms. The van der Waals surface area contributed by atoms with Crippen LogP contribution in [0, 0.1) is 0 Å². The second-order valence-corrected chi connectivity index (χ2v) is 4.52. The lowest BCUT2D eigenvalue weighted by Crippen LogP contribution is -2.09. The van der Waals surface area contributed by atoms with Crippen molar-refractivity contribution in [1.82, 2.24) is 9.97 Å². The molecular formula is C16H14N2O2. The zero-order chi connectivity index (χ0) is 13.8. The van der Waals surface area contributed by atoms with E-state index in [9.17, 15) is 4.79 Å². The number of carbonyl (C=O) groups excluding carboxylic acids is 1. The minimum absolute atomic E-state index is 0.226. The topological polar surface area (TPSA) is 55.0 Å². The Morgan fingerprint density at radius 3 is 2.85 bits per heavy atom. The van der Waals surface area contributed by atoms with Crippen molar-refractivity contribution in [3.05, 3.63) is 60.6 Å². The van der Waals surface area contributed by atoms with E-state index in [2.05, 4.69) is 9.97 Å². The van der Waals surface area contributed by atoms with E-state index in [1.54, 1.807) is 18.5 Å². The van der Waals surface area contributed by atoms with Gasteiger partial charge in [-0.25, -0.2) is 0 Å². The Balaban J connectivity index is 1.66. The molecule has 0 amide bonds. The standard InChI is InChI=1S/C16H14N2O2/c19-16(5-4-12-6-9-17-10-7-12)20-15-3-1-2-14-13(15)8-11-18-14/h1-3,6-11,18H,4-5H2. The Morgan fingerprint density at radius 1 is 1.15 bits per heavy atom. The van der Waals surface area contributed by atoms with Gasteiger partial charge in [0.2, 0.25) is 0 Å². The predicted molar refractivity (Wildman–Crippen MR) is 76.5 cm³/mol. The molecule has 3 aromatic rings. The summed E-state index contributed by atoms with van der Waals surface area (Å²) in [6, 6.07) is 11.3. The molecule has 1 aromatic carbocycles. The number of fused-ring (bicyclic) bond motifs is 1. The molecule has 0 atom stereocenters. The fourth-order valence-electron chi connectivity index (χ4n) is 2.12. The van der Waals surface area contributed by atoms with Crippen LogP contribution < -0.4 is 4.74 Å². The summed E-state index contributed by atoms with van der Waals surface area (Å²) in [5, 5.41) is 0.921. The number of pyridine rings is 1. The number of aromatic nitrogens is 2. The molecule has 0 saturated carbocycles. The van der Waals surface area contributed by atoms with Crippen molar-refractivity contribution in [2.75, 3.05) is 0 Å². The van der Waals surface area contributed by atoms with Crippen LogP contribution in [0.4, 0.5) is 0 Å². The third kappa shape index (κ3) is 2.69. The third-order valence-electron chi connectivity index (χ3n) is 3.15. The van der Waals surface area contributed by atoms with Crippen LogP contribution in [0.2, 0.25) is 0 Å². The number of nitrogens with one attached hydrogen (secondary N) is 1. The van der Waals surface area contributed by atoms with Crippen LogP contribution in [-0.4, -0.2) is 15.9 Å². The van der Waals surface area contributed by atoms with E-state index in [1.165, 1.54) is 0 Å². The van der Waals surface area contributed by atoms with Crippen LogP contribution in [0.3, 0.4) is 0 Å². The van der Waals surface area contributed by atoms with E-state index in [0.29, 0.717) is 18.6 Å². The first kappa shape index (κ1) is 12.4. The maximum Gasteiger partial charge on any atom is 0.311 e. The Labute approximate surface area is 116 Å². The van der Waals surface area contributed by atoms with Crippen LogP contribution >= 0.6 is 0 Å². The molecule has 100 valence electrons. The van der Waals surface area contributed by atoms with E-state index in [0.717, 1.165) is 16.5 Å². The number of rotatable bonds is 4. The van der Waals surface area contributed by atoms with E-state index in [-0.39, 0.29) is 5.97 Å². The van der Waals surface area contributed by atoms with Crippen LogP contribution in [0.5, 0.6) is 5.75 Å². The van der Waals surface area contributed by atoms with Gasteiger partial charge in [-0.15, -0.1) is 0 Å². The number of aryl methyl sites for hydroxylation is 1. The fourth-order valence-corrected chi connectivity index (χ4v) is 2.12. The van der Waals surface area contributed by atoms with Gasteiger partial charge in [-0.05, 0) is 42.3 Å². The summed E-state index contributed by atoms with van der Waals surface area (Å²) in [5.41, 5.74) is 2.04. The average molecular weight is 266 g/mol. The number of hydrogen-bond acceptors (Lipinski definition) is 3. The number of benzene rings is 1. The second kappa shape index (κ2) is 5.57. The highest BCUT2D eigenvalue weighted by Gasteiger charge is 2.08. The highest BCUT2D eigenvalue weighted by Crippen LogP contribution is 2.24. The molecule has 4 nitrogen and oxygen atoms in total. The van der Waals surface area contributed by atoms with Gasteiger partial charge in [-0.2, -0.15) is 0 Å². The molecule has 0 unspecified atom stereocenters. The van der Waals surface area contributed by atoms with Gasteiger partial charge in [0.1, 0.15) is 5.75 Å². The van der Waals surface area contributed by atoms with Gasteiger partial charge in [0, 0.05) is 35.9 Å². The minimum atomic E-state index is -0.226. The molecule has 2 aromatic heterocycles. The molecule has 0 aliphatic carbocycles. The van der Waals surface area contributed by atoms with Gasteiger partial charge in [0.25, 0.3) is 0 Å². The van der Waals surface area contributed by atoms with Crippen LogP contribution in [0.1, 0.15) is 12.0 Å². The van der Waals surface area contributed by atoms with E-state index < -0.39 is 0 Å². The number of carbonyl (C=O) groups is 1. The van der Waals surface area contributed by atoms with E-state index in [4.69, 9.17) is 4.74 Å². The van der Waals surface area contributed by atoms with Crippen molar-refractivity contribution >= 4 is 16.9 Å². The van der Waals surface area contributed by atoms with Gasteiger partial charge < -0.3 is 9.72 Å². The summed E-state index contributed by atoms with van der Waals surface area (Å²) in [7, 11) is 0. The lowest BCUT2D eigenvalue weighted by Gasteiger charge is -2.05. The third-order valence-corrected chi connectivity index (χ3v) is 3.15. The van der Waals surface area contributed by atoms with Crippen molar-refractivity contribution in [3.8, 4) is 5.75 Å². The SMILES string of the molecule is O=C(CCc1ccncc1)Oc1cccc2[nH]ccc12. The number of hydrogen-bond donors (Lipinski definition) is 1. The summed E-state index contributed by atoms with van der Waals surface area (Å²) in [6.07, 6.45) is 6.29. The number of H-pyrrole nitrogens is 1. The van der Waals surface area contributed by atoms with Gasteiger partial charge in [-0.1, -0.05) is 6.07 Å².